The Morgan fingerprint density at radius 2 is 1.97 bits per heavy atom. The lowest BCUT2D eigenvalue weighted by atomic mass is 9.96. The number of hydrogen-bond acceptors (Lipinski definition) is 9. The van der Waals surface area contributed by atoms with E-state index < -0.39 is 0 Å². The van der Waals surface area contributed by atoms with Gasteiger partial charge in [0.2, 0.25) is 11.7 Å². The first kappa shape index (κ1) is 25.4. The summed E-state index contributed by atoms with van der Waals surface area (Å²) in [4.78, 5) is 30.4. The van der Waals surface area contributed by atoms with Crippen LogP contribution in [0.25, 0.3) is 10.9 Å². The molecule has 0 spiro atoms. The van der Waals surface area contributed by atoms with Crippen molar-refractivity contribution in [1.29, 1.82) is 0 Å². The van der Waals surface area contributed by atoms with Crippen LogP contribution in [0.3, 0.4) is 0 Å². The van der Waals surface area contributed by atoms with E-state index >= 15 is 0 Å². The topological polar surface area (TPSA) is 103 Å². The molecular formula is C28H36N8O3. The zero-order valence-corrected chi connectivity index (χ0v) is 22.9. The van der Waals surface area contributed by atoms with Crippen molar-refractivity contribution in [2.24, 2.45) is 0 Å². The number of aromatic amines is 1. The van der Waals surface area contributed by atoms with Crippen LogP contribution < -0.4 is 19.3 Å². The van der Waals surface area contributed by atoms with Crippen LogP contribution in [0, 0.1) is 6.92 Å². The minimum absolute atomic E-state index is 0.0494. The lowest BCUT2D eigenvalue weighted by Gasteiger charge is -2.39. The largest absolute Gasteiger partial charge is 0.484 e. The second-order valence-electron chi connectivity index (χ2n) is 10.7. The highest BCUT2D eigenvalue weighted by Crippen LogP contribution is 2.45. The maximum absolute atomic E-state index is 12.2. The number of nitrogens with one attached hydrogen (secondary N) is 1. The summed E-state index contributed by atoms with van der Waals surface area (Å²) in [6.45, 7) is 10.3. The normalized spacial score (nSPS) is 21.7. The van der Waals surface area contributed by atoms with Gasteiger partial charge in [-0.1, -0.05) is 12.6 Å². The molecule has 3 aliphatic heterocycles. The van der Waals surface area contributed by atoms with E-state index in [-0.39, 0.29) is 11.9 Å². The molecule has 2 fully saturated rings. The van der Waals surface area contributed by atoms with Gasteiger partial charge in [-0.15, -0.1) is 0 Å². The van der Waals surface area contributed by atoms with E-state index in [9.17, 15) is 4.79 Å². The molecular weight excluding hydrogens is 496 g/mol. The first-order valence-corrected chi connectivity index (χ1v) is 13.6. The number of aryl methyl sites for hydroxylation is 1. The van der Waals surface area contributed by atoms with Crippen molar-refractivity contribution in [3.8, 4) is 11.8 Å². The number of nitrogens with zero attached hydrogens (tertiary/aromatic N) is 7. The number of rotatable bonds is 6. The van der Waals surface area contributed by atoms with Crippen LogP contribution in [0.2, 0.25) is 0 Å². The number of benzene rings is 1. The average Bonchev–Trinajstić information content (AvgIpc) is 3.60. The van der Waals surface area contributed by atoms with E-state index in [1.165, 1.54) is 23.6 Å². The van der Waals surface area contributed by atoms with Crippen molar-refractivity contribution >= 4 is 28.4 Å². The molecule has 0 aliphatic carbocycles. The third-order valence-electron chi connectivity index (χ3n) is 8.36. The zero-order chi connectivity index (χ0) is 27.1. The Kier molecular flexibility index (Phi) is 6.76. The molecule has 11 nitrogen and oxygen atoms in total. The molecule has 0 bridgehead atoms. The van der Waals surface area contributed by atoms with E-state index in [1.54, 1.807) is 0 Å². The highest BCUT2D eigenvalue weighted by Gasteiger charge is 2.35. The molecule has 2 atom stereocenters. The maximum atomic E-state index is 12.2. The lowest BCUT2D eigenvalue weighted by molar-refractivity contribution is -0.126. The van der Waals surface area contributed by atoms with Crippen molar-refractivity contribution < 1.29 is 14.3 Å². The van der Waals surface area contributed by atoms with Gasteiger partial charge in [-0.3, -0.25) is 9.89 Å². The number of fused-ring (bicyclic) bond motifs is 2. The quantitative estimate of drug-likeness (QED) is 0.480. The van der Waals surface area contributed by atoms with Crippen LogP contribution in [0.4, 0.5) is 11.6 Å². The number of likely N-dealkylation sites (N-methyl/N-ethyl adjacent to an activating group) is 2. The summed E-state index contributed by atoms with van der Waals surface area (Å²) >= 11 is 0. The minimum atomic E-state index is -0.0579. The van der Waals surface area contributed by atoms with Gasteiger partial charge >= 0.3 is 6.01 Å². The van der Waals surface area contributed by atoms with Crippen molar-refractivity contribution in [2.75, 3.05) is 69.8 Å². The van der Waals surface area contributed by atoms with Crippen LogP contribution in [-0.2, 0) is 4.79 Å². The van der Waals surface area contributed by atoms with Gasteiger partial charge in [0.05, 0.1) is 17.8 Å². The number of piperazine rings is 1. The molecule has 6 rings (SSSR count). The fourth-order valence-electron chi connectivity index (χ4n) is 5.97. The standard InChI is InChI=1S/C28H36N8O3/c1-5-23(37)35-11-13-36(14-12-35)27-25-26(30-28(31-27)39-16-19-7-6-10-33(19)3)34(4)22(17-38-25)24-18(2)8-9-21-20(24)15-29-32-21/h5,8-9,15,19,22H,1,6-7,10-14,16-17H2,2-4H3,(H,29,32)/t19-,22?/m0/s1. The number of carbonyl (C=O) groups is 1. The van der Waals surface area contributed by atoms with Gasteiger partial charge in [0.1, 0.15) is 13.2 Å². The van der Waals surface area contributed by atoms with E-state index in [4.69, 9.17) is 19.4 Å². The number of ether oxygens (including phenoxy) is 2. The van der Waals surface area contributed by atoms with Crippen LogP contribution in [0.15, 0.2) is 31.0 Å². The third-order valence-corrected chi connectivity index (χ3v) is 8.36. The highest BCUT2D eigenvalue weighted by molar-refractivity contribution is 5.87. The molecule has 1 unspecified atom stereocenters. The summed E-state index contributed by atoms with van der Waals surface area (Å²) in [6, 6.07) is 4.81. The summed E-state index contributed by atoms with van der Waals surface area (Å²) in [7, 11) is 4.19. The van der Waals surface area contributed by atoms with Crippen LogP contribution in [0.1, 0.15) is 30.0 Å². The second kappa shape index (κ2) is 10.4. The number of likely N-dealkylation sites (tertiary alicyclic amines) is 1. The maximum Gasteiger partial charge on any atom is 0.320 e. The van der Waals surface area contributed by atoms with Crippen molar-refractivity contribution in [3.05, 3.63) is 42.1 Å². The van der Waals surface area contributed by atoms with Gasteiger partial charge in [-0.2, -0.15) is 15.1 Å². The van der Waals surface area contributed by atoms with Crippen LogP contribution in [-0.4, -0.2) is 102 Å². The average molecular weight is 533 g/mol. The van der Waals surface area contributed by atoms with Gasteiger partial charge in [-0.25, -0.2) is 0 Å². The monoisotopic (exact) mass is 532 g/mol. The van der Waals surface area contributed by atoms with Gasteiger partial charge in [0.15, 0.2) is 11.6 Å². The number of H-pyrrole nitrogens is 1. The first-order chi connectivity index (χ1) is 18.9. The summed E-state index contributed by atoms with van der Waals surface area (Å²) in [5.41, 5.74) is 3.34. The predicted molar refractivity (Wildman–Crippen MR) is 150 cm³/mol. The van der Waals surface area contributed by atoms with E-state index in [0.717, 1.165) is 23.9 Å². The molecule has 1 amide bonds. The number of anilines is 2. The molecule has 206 valence electrons. The Labute approximate surface area is 228 Å². The van der Waals surface area contributed by atoms with E-state index in [0.29, 0.717) is 68.8 Å². The van der Waals surface area contributed by atoms with Crippen LogP contribution >= 0.6 is 0 Å². The lowest BCUT2D eigenvalue weighted by Crippen LogP contribution is -2.49. The molecule has 11 heteroatoms. The third kappa shape index (κ3) is 4.64. The Morgan fingerprint density at radius 3 is 2.72 bits per heavy atom. The van der Waals surface area contributed by atoms with E-state index in [2.05, 4.69) is 64.6 Å². The van der Waals surface area contributed by atoms with Gasteiger partial charge in [0, 0.05) is 44.7 Å². The summed E-state index contributed by atoms with van der Waals surface area (Å²) in [6.07, 6.45) is 5.52. The zero-order valence-electron chi connectivity index (χ0n) is 22.9. The SMILES string of the molecule is C=CC(=O)N1CCN(c2nc(OC[C@@H]3CCCN3C)nc3c2OCC(c2c(C)ccc4[nH]ncc24)N3C)CC1. The van der Waals surface area contributed by atoms with Gasteiger partial charge < -0.3 is 29.1 Å². The van der Waals surface area contributed by atoms with Crippen LogP contribution in [0.5, 0.6) is 11.8 Å². The molecule has 2 aromatic heterocycles. The molecule has 0 radical (unpaired) electrons. The Balaban J connectivity index is 1.34. The molecule has 1 N–H and O–H groups in total. The molecule has 5 heterocycles. The number of hydrogen-bond donors (Lipinski definition) is 1. The van der Waals surface area contributed by atoms with E-state index in [1.807, 2.05) is 11.1 Å². The number of aromatic nitrogens is 4. The fourth-order valence-corrected chi connectivity index (χ4v) is 5.97. The summed E-state index contributed by atoms with van der Waals surface area (Å²) in [5.74, 6) is 2.02. The smallest absolute Gasteiger partial charge is 0.320 e. The first-order valence-electron chi connectivity index (χ1n) is 13.6. The van der Waals surface area contributed by atoms with Crippen molar-refractivity contribution in [2.45, 2.75) is 31.8 Å². The fraction of sp³-hybridized carbons (Fsp3) is 0.500. The molecule has 3 aromatic rings. The highest BCUT2D eigenvalue weighted by atomic mass is 16.5. The molecule has 3 aliphatic rings. The Hall–Kier alpha value is -3.86. The van der Waals surface area contributed by atoms with Gasteiger partial charge in [0.25, 0.3) is 0 Å². The Morgan fingerprint density at radius 1 is 1.18 bits per heavy atom. The second-order valence-corrected chi connectivity index (χ2v) is 10.7. The predicted octanol–water partition coefficient (Wildman–Crippen LogP) is 2.54. The van der Waals surface area contributed by atoms with Crippen molar-refractivity contribution in [3.63, 3.8) is 0 Å². The van der Waals surface area contributed by atoms with Crippen molar-refractivity contribution in [1.82, 2.24) is 30.0 Å². The van der Waals surface area contributed by atoms with Gasteiger partial charge in [-0.05, 0) is 56.6 Å². The number of amides is 1. The molecule has 1 aromatic carbocycles. The number of carbonyl (C=O) groups excluding carboxylic acids is 1. The molecule has 0 saturated carbocycles. The molecule has 39 heavy (non-hydrogen) atoms. The summed E-state index contributed by atoms with van der Waals surface area (Å²) in [5, 5.41) is 8.44. The summed E-state index contributed by atoms with van der Waals surface area (Å²) < 4.78 is 12.7. The minimum Gasteiger partial charge on any atom is -0.484 e. The Bertz CT molecular complexity index is 1380. The molecule has 2 saturated heterocycles.